The van der Waals surface area contributed by atoms with E-state index in [9.17, 15) is 14.7 Å². The minimum atomic E-state index is -1.07. The van der Waals surface area contributed by atoms with Crippen molar-refractivity contribution in [1.29, 1.82) is 0 Å². The van der Waals surface area contributed by atoms with E-state index in [1.54, 1.807) is 42.6 Å². The lowest BCUT2D eigenvalue weighted by Crippen LogP contribution is -2.19. The predicted octanol–water partition coefficient (Wildman–Crippen LogP) is 5.26. The molecule has 2 heterocycles. The van der Waals surface area contributed by atoms with Gasteiger partial charge in [0.1, 0.15) is 12.4 Å². The molecule has 0 aliphatic carbocycles. The topological polar surface area (TPSA) is 73.5 Å². The molecule has 1 N–H and O–H groups in total. The molecule has 4 aromatic rings. The molecule has 0 saturated heterocycles. The van der Waals surface area contributed by atoms with Gasteiger partial charge in [-0.3, -0.25) is 9.36 Å². The molecule has 6 nitrogen and oxygen atoms in total. The number of ether oxygens (including phenoxy) is 1. The lowest BCUT2D eigenvalue weighted by molar-refractivity contribution is 0.197. The summed E-state index contributed by atoms with van der Waals surface area (Å²) in [5, 5.41) is 11.2. The Morgan fingerprint density at radius 2 is 1.83 bits per heavy atom. The summed E-state index contributed by atoms with van der Waals surface area (Å²) >= 11 is 12.1. The van der Waals surface area contributed by atoms with Gasteiger partial charge in [-0.1, -0.05) is 47.5 Å². The number of pyridine rings is 1. The van der Waals surface area contributed by atoms with Crippen LogP contribution in [0.1, 0.15) is 11.1 Å². The summed E-state index contributed by atoms with van der Waals surface area (Å²) in [6.45, 7) is 0.439. The Balaban J connectivity index is 1.53. The van der Waals surface area contributed by atoms with E-state index in [4.69, 9.17) is 27.9 Å². The molecule has 30 heavy (non-hydrogen) atoms. The first-order valence-corrected chi connectivity index (χ1v) is 9.77. The summed E-state index contributed by atoms with van der Waals surface area (Å²) in [6, 6.07) is 15.4. The SMILES string of the molecule is O=C(O)n1cc(COc2ccn(Cc3ccc(Cl)cc3Cl)c(=O)c2)c2ccccc21. The maximum absolute atomic E-state index is 12.5. The largest absolute Gasteiger partial charge is 0.489 e. The molecule has 2 aromatic carbocycles. The van der Waals surface area contributed by atoms with Crippen molar-refractivity contribution in [1.82, 2.24) is 9.13 Å². The van der Waals surface area contributed by atoms with E-state index in [-0.39, 0.29) is 12.2 Å². The van der Waals surface area contributed by atoms with Crippen molar-refractivity contribution in [2.24, 2.45) is 0 Å². The Morgan fingerprint density at radius 1 is 1.03 bits per heavy atom. The van der Waals surface area contributed by atoms with Gasteiger partial charge < -0.3 is 14.4 Å². The second kappa shape index (κ2) is 8.26. The lowest BCUT2D eigenvalue weighted by Gasteiger charge is -2.10. The van der Waals surface area contributed by atoms with Crippen LogP contribution in [-0.4, -0.2) is 20.3 Å². The highest BCUT2D eigenvalue weighted by Gasteiger charge is 2.13. The number of para-hydroxylation sites is 1. The van der Waals surface area contributed by atoms with Crippen LogP contribution in [0.5, 0.6) is 5.75 Å². The zero-order chi connectivity index (χ0) is 21.3. The molecule has 0 amide bonds. The van der Waals surface area contributed by atoms with Crippen molar-refractivity contribution in [3.05, 3.63) is 98.5 Å². The molecule has 0 spiro atoms. The first kappa shape index (κ1) is 20.1. The fraction of sp³-hybridized carbons (Fsp3) is 0.0909. The quantitative estimate of drug-likeness (QED) is 0.457. The van der Waals surface area contributed by atoms with Gasteiger partial charge in [0.25, 0.3) is 5.56 Å². The highest BCUT2D eigenvalue weighted by atomic mass is 35.5. The summed E-state index contributed by atoms with van der Waals surface area (Å²) in [5.74, 6) is 0.394. The molecule has 2 aromatic heterocycles. The Bertz CT molecular complexity index is 1310. The minimum absolute atomic E-state index is 0.132. The molecule has 0 fully saturated rings. The summed E-state index contributed by atoms with van der Waals surface area (Å²) in [7, 11) is 0. The number of halogens is 2. The second-order valence-electron chi connectivity index (χ2n) is 6.68. The van der Waals surface area contributed by atoms with Crippen molar-refractivity contribution in [3.63, 3.8) is 0 Å². The zero-order valence-electron chi connectivity index (χ0n) is 15.6. The van der Waals surface area contributed by atoms with Crippen LogP contribution in [-0.2, 0) is 13.2 Å². The van der Waals surface area contributed by atoms with E-state index in [2.05, 4.69) is 0 Å². The average molecular weight is 443 g/mol. The maximum Gasteiger partial charge on any atom is 0.416 e. The fourth-order valence-corrected chi connectivity index (χ4v) is 3.70. The van der Waals surface area contributed by atoms with Crippen molar-refractivity contribution in [2.75, 3.05) is 0 Å². The molecule has 4 rings (SSSR count). The fourth-order valence-electron chi connectivity index (χ4n) is 3.23. The van der Waals surface area contributed by atoms with Crippen molar-refractivity contribution in [3.8, 4) is 5.75 Å². The highest BCUT2D eigenvalue weighted by molar-refractivity contribution is 6.35. The van der Waals surface area contributed by atoms with E-state index >= 15 is 0 Å². The number of carboxylic acid groups (broad SMARTS) is 1. The van der Waals surface area contributed by atoms with Gasteiger partial charge in [-0.05, 0) is 29.8 Å². The van der Waals surface area contributed by atoms with Crippen LogP contribution in [0.2, 0.25) is 10.0 Å². The molecule has 0 atom stereocenters. The van der Waals surface area contributed by atoms with E-state index < -0.39 is 6.09 Å². The molecule has 8 heteroatoms. The van der Waals surface area contributed by atoms with Gasteiger partial charge in [0.2, 0.25) is 0 Å². The minimum Gasteiger partial charge on any atom is -0.489 e. The van der Waals surface area contributed by atoms with E-state index in [1.807, 2.05) is 12.1 Å². The summed E-state index contributed by atoms with van der Waals surface area (Å²) < 4.78 is 8.42. The van der Waals surface area contributed by atoms with Crippen LogP contribution in [0.15, 0.2) is 71.8 Å². The number of hydrogen-bond acceptors (Lipinski definition) is 3. The Kier molecular flexibility index (Phi) is 5.53. The third kappa shape index (κ3) is 4.06. The van der Waals surface area contributed by atoms with Crippen LogP contribution in [0.3, 0.4) is 0 Å². The second-order valence-corrected chi connectivity index (χ2v) is 7.52. The summed E-state index contributed by atoms with van der Waals surface area (Å²) in [5.41, 5.74) is 1.83. The Hall–Kier alpha value is -3.22. The number of carbonyl (C=O) groups is 1. The van der Waals surface area contributed by atoms with E-state index in [0.717, 1.165) is 15.5 Å². The Labute approximate surface area is 181 Å². The number of nitrogens with zero attached hydrogens (tertiary/aromatic N) is 2. The van der Waals surface area contributed by atoms with Crippen LogP contribution in [0.25, 0.3) is 10.9 Å². The van der Waals surface area contributed by atoms with Crippen LogP contribution >= 0.6 is 23.2 Å². The number of benzene rings is 2. The van der Waals surface area contributed by atoms with Crippen LogP contribution in [0.4, 0.5) is 4.79 Å². The molecule has 0 radical (unpaired) electrons. The third-order valence-corrected chi connectivity index (χ3v) is 5.31. The van der Waals surface area contributed by atoms with Crippen LogP contribution in [0, 0.1) is 0 Å². The third-order valence-electron chi connectivity index (χ3n) is 4.72. The van der Waals surface area contributed by atoms with Gasteiger partial charge in [-0.15, -0.1) is 0 Å². The van der Waals surface area contributed by atoms with Crippen LogP contribution < -0.4 is 10.3 Å². The van der Waals surface area contributed by atoms with Gasteiger partial charge >= 0.3 is 6.09 Å². The van der Waals surface area contributed by atoms with Gasteiger partial charge in [0.15, 0.2) is 0 Å². The normalized spacial score (nSPS) is 11.0. The molecule has 152 valence electrons. The standard InChI is InChI=1S/C22H16Cl2N2O4/c23-16-6-5-14(19(24)9-16)11-25-8-7-17(10-21(25)27)30-13-15-12-26(22(28)29)20-4-2-1-3-18(15)20/h1-10,12H,11,13H2,(H,28,29). The number of fused-ring (bicyclic) bond motifs is 1. The summed E-state index contributed by atoms with van der Waals surface area (Å²) in [6.07, 6.45) is 2.08. The predicted molar refractivity (Wildman–Crippen MR) is 116 cm³/mol. The average Bonchev–Trinajstić information content (AvgIpc) is 3.09. The molecule has 0 aliphatic heterocycles. The number of rotatable bonds is 5. The highest BCUT2D eigenvalue weighted by Crippen LogP contribution is 2.24. The smallest absolute Gasteiger partial charge is 0.416 e. The number of hydrogen-bond donors (Lipinski definition) is 1. The van der Waals surface area contributed by atoms with Crippen molar-refractivity contribution >= 4 is 40.2 Å². The zero-order valence-corrected chi connectivity index (χ0v) is 17.1. The molecule has 0 unspecified atom stereocenters. The molecule has 0 saturated carbocycles. The van der Waals surface area contributed by atoms with E-state index in [1.165, 1.54) is 16.8 Å². The van der Waals surface area contributed by atoms with Gasteiger partial charge in [0, 0.05) is 39.5 Å². The van der Waals surface area contributed by atoms with Gasteiger partial charge in [-0.2, -0.15) is 0 Å². The van der Waals surface area contributed by atoms with Crippen molar-refractivity contribution < 1.29 is 14.6 Å². The first-order chi connectivity index (χ1) is 14.4. The van der Waals surface area contributed by atoms with Crippen molar-refractivity contribution in [2.45, 2.75) is 13.2 Å². The monoisotopic (exact) mass is 442 g/mol. The first-order valence-electron chi connectivity index (χ1n) is 9.02. The van der Waals surface area contributed by atoms with Gasteiger partial charge in [0.05, 0.1) is 12.1 Å². The summed E-state index contributed by atoms with van der Waals surface area (Å²) in [4.78, 5) is 23.9. The maximum atomic E-state index is 12.5. The number of aromatic nitrogens is 2. The van der Waals surface area contributed by atoms with E-state index in [0.29, 0.717) is 33.4 Å². The van der Waals surface area contributed by atoms with Gasteiger partial charge in [-0.25, -0.2) is 4.79 Å². The lowest BCUT2D eigenvalue weighted by atomic mass is 10.2. The Morgan fingerprint density at radius 3 is 2.57 bits per heavy atom. The molecule has 0 bridgehead atoms. The molecule has 0 aliphatic rings. The molecular weight excluding hydrogens is 427 g/mol. The molecular formula is C22H16Cl2N2O4.